The highest BCUT2D eigenvalue weighted by Crippen LogP contribution is 2.53. The smallest absolute Gasteiger partial charge is 0.0544 e. The summed E-state index contributed by atoms with van der Waals surface area (Å²) in [5, 5.41) is 2.56. The summed E-state index contributed by atoms with van der Waals surface area (Å²) in [5.74, 6) is 0. The van der Waals surface area contributed by atoms with Gasteiger partial charge in [-0.15, -0.1) is 0 Å². The lowest BCUT2D eigenvalue weighted by atomic mass is 9.81. The van der Waals surface area contributed by atoms with Gasteiger partial charge < -0.3 is 9.47 Å². The Morgan fingerprint density at radius 2 is 0.735 bits per heavy atom. The van der Waals surface area contributed by atoms with E-state index in [-0.39, 0.29) is 10.8 Å². The highest BCUT2D eigenvalue weighted by atomic mass is 15.1. The van der Waals surface area contributed by atoms with E-state index in [0.29, 0.717) is 0 Å². The van der Waals surface area contributed by atoms with Gasteiger partial charge in [0.25, 0.3) is 0 Å². The summed E-state index contributed by atoms with van der Waals surface area (Å²) in [6.07, 6.45) is 0. The molecule has 0 bridgehead atoms. The minimum atomic E-state index is -0.231. The Bertz CT molecular complexity index is 3660. The topological polar surface area (TPSA) is 8.17 Å². The Kier molecular flexibility index (Phi) is 8.95. The van der Waals surface area contributed by atoms with Crippen molar-refractivity contribution in [2.45, 2.75) is 38.5 Å². The van der Waals surface area contributed by atoms with Gasteiger partial charge in [0, 0.05) is 44.4 Å². The van der Waals surface area contributed by atoms with E-state index in [1.807, 2.05) is 0 Å². The molecule has 1 aromatic heterocycles. The first-order valence-electron chi connectivity index (χ1n) is 23.9. The van der Waals surface area contributed by atoms with E-state index in [1.165, 1.54) is 105 Å². The van der Waals surface area contributed by atoms with E-state index in [1.54, 1.807) is 0 Å². The summed E-state index contributed by atoms with van der Waals surface area (Å²) >= 11 is 0. The monoisotopic (exact) mass is 870 g/mol. The zero-order valence-corrected chi connectivity index (χ0v) is 38.8. The molecule has 2 aliphatic rings. The predicted molar refractivity (Wildman–Crippen MR) is 287 cm³/mol. The fourth-order valence-corrected chi connectivity index (χ4v) is 11.6. The van der Waals surface area contributed by atoms with Gasteiger partial charge >= 0.3 is 0 Å². The van der Waals surface area contributed by atoms with Crippen LogP contribution in [0.3, 0.4) is 0 Å². The van der Waals surface area contributed by atoms with Crippen LogP contribution in [0.5, 0.6) is 0 Å². The van der Waals surface area contributed by atoms with Gasteiger partial charge in [0.2, 0.25) is 0 Å². The van der Waals surface area contributed by atoms with Gasteiger partial charge in [0.05, 0.1) is 11.0 Å². The van der Waals surface area contributed by atoms with Gasteiger partial charge in [0.1, 0.15) is 0 Å². The van der Waals surface area contributed by atoms with Crippen molar-refractivity contribution in [3.63, 3.8) is 0 Å². The number of fused-ring (bicyclic) bond motifs is 9. The van der Waals surface area contributed by atoms with Gasteiger partial charge in [-0.05, 0) is 157 Å². The molecule has 0 fully saturated rings. The molecule has 0 amide bonds. The van der Waals surface area contributed by atoms with Crippen molar-refractivity contribution >= 4 is 38.9 Å². The molecular weight excluding hydrogens is 821 g/mol. The minimum absolute atomic E-state index is 0.0840. The van der Waals surface area contributed by atoms with E-state index in [0.717, 1.165) is 17.1 Å². The van der Waals surface area contributed by atoms with Crippen LogP contribution in [0.15, 0.2) is 231 Å². The molecule has 0 atom stereocenters. The summed E-state index contributed by atoms with van der Waals surface area (Å²) in [6.45, 7) is 9.54. The second-order valence-corrected chi connectivity index (χ2v) is 19.8. The summed E-state index contributed by atoms with van der Waals surface area (Å²) in [5.41, 5.74) is 24.8. The van der Waals surface area contributed by atoms with Crippen LogP contribution in [0, 0.1) is 0 Å². The molecular formula is C66H50N2. The van der Waals surface area contributed by atoms with Gasteiger partial charge in [-0.3, -0.25) is 0 Å². The van der Waals surface area contributed by atoms with Crippen molar-refractivity contribution in [1.29, 1.82) is 0 Å². The molecule has 2 nitrogen and oxygen atoms in total. The number of rotatable bonds is 7. The third kappa shape index (κ3) is 6.17. The van der Waals surface area contributed by atoms with E-state index in [9.17, 15) is 0 Å². The van der Waals surface area contributed by atoms with Crippen molar-refractivity contribution in [2.75, 3.05) is 4.90 Å². The number of benzene rings is 10. The number of anilines is 3. The van der Waals surface area contributed by atoms with Crippen molar-refractivity contribution in [3.05, 3.63) is 253 Å². The standard InChI is InChI=1S/C66H50N2/c1-65(2)59-23-15-14-22-53(59)56-41-58-57-38-47(29-37-63(57)68(64(58)42-62(56)65)49-20-12-7-13-21-49)48-28-35-54-55-36-34-52(40-61(55)66(3,4)60(54)39-48)67(50-30-24-45(25-31-50)43-16-8-5-9-17-43)51-32-26-46(27-33-51)44-18-10-6-11-19-44/h5-42H,1-4H3. The third-order valence-corrected chi connectivity index (χ3v) is 15.2. The average molecular weight is 871 g/mol. The summed E-state index contributed by atoms with van der Waals surface area (Å²) < 4.78 is 2.46. The molecule has 1 heterocycles. The van der Waals surface area contributed by atoms with E-state index in [2.05, 4.69) is 268 Å². The van der Waals surface area contributed by atoms with Crippen molar-refractivity contribution in [2.24, 2.45) is 0 Å². The highest BCUT2D eigenvalue weighted by molar-refractivity contribution is 6.13. The maximum Gasteiger partial charge on any atom is 0.0544 e. The lowest BCUT2D eigenvalue weighted by Crippen LogP contribution is -2.16. The number of hydrogen-bond donors (Lipinski definition) is 0. The molecule has 0 saturated carbocycles. The summed E-state index contributed by atoms with van der Waals surface area (Å²) in [4.78, 5) is 2.41. The second-order valence-electron chi connectivity index (χ2n) is 19.8. The van der Waals surface area contributed by atoms with Crippen LogP contribution in [0.4, 0.5) is 17.1 Å². The van der Waals surface area contributed by atoms with Crippen LogP contribution in [0.2, 0.25) is 0 Å². The van der Waals surface area contributed by atoms with E-state index < -0.39 is 0 Å². The summed E-state index contributed by atoms with van der Waals surface area (Å²) in [6, 6.07) is 85.4. The van der Waals surface area contributed by atoms with E-state index in [4.69, 9.17) is 0 Å². The molecule has 10 aromatic carbocycles. The third-order valence-electron chi connectivity index (χ3n) is 15.2. The molecule has 11 aromatic rings. The molecule has 68 heavy (non-hydrogen) atoms. The molecule has 13 rings (SSSR count). The normalized spacial score (nSPS) is 13.8. The molecule has 2 aliphatic carbocycles. The molecule has 2 heteroatoms. The van der Waals surface area contributed by atoms with Crippen LogP contribution in [0.1, 0.15) is 49.9 Å². The first kappa shape index (κ1) is 40.1. The quantitative estimate of drug-likeness (QED) is 0.155. The van der Waals surface area contributed by atoms with Gasteiger partial charge in [0.15, 0.2) is 0 Å². The zero-order valence-electron chi connectivity index (χ0n) is 38.8. The maximum atomic E-state index is 2.47. The lowest BCUT2D eigenvalue weighted by Gasteiger charge is -2.28. The molecule has 324 valence electrons. The first-order chi connectivity index (χ1) is 33.2. The Hall–Kier alpha value is -8.20. The first-order valence-corrected chi connectivity index (χ1v) is 23.9. The second kappa shape index (κ2) is 15.2. The number of aromatic nitrogens is 1. The molecule has 0 N–H and O–H groups in total. The van der Waals surface area contributed by atoms with Crippen LogP contribution < -0.4 is 4.90 Å². The van der Waals surface area contributed by atoms with Gasteiger partial charge in [-0.2, -0.15) is 0 Å². The van der Waals surface area contributed by atoms with Gasteiger partial charge in [-0.25, -0.2) is 0 Å². The molecule has 0 spiro atoms. The largest absolute Gasteiger partial charge is 0.310 e. The molecule has 0 unspecified atom stereocenters. The van der Waals surface area contributed by atoms with Gasteiger partial charge in [-0.1, -0.05) is 179 Å². The predicted octanol–water partition coefficient (Wildman–Crippen LogP) is 17.9. The molecule has 0 aliphatic heterocycles. The maximum absolute atomic E-state index is 2.47. The fraction of sp³-hybridized carbons (Fsp3) is 0.0909. The van der Waals surface area contributed by atoms with Crippen molar-refractivity contribution in [1.82, 2.24) is 4.57 Å². The van der Waals surface area contributed by atoms with Crippen molar-refractivity contribution < 1.29 is 0 Å². The number of hydrogen-bond acceptors (Lipinski definition) is 1. The van der Waals surface area contributed by atoms with E-state index >= 15 is 0 Å². The Morgan fingerprint density at radius 1 is 0.294 bits per heavy atom. The number of para-hydroxylation sites is 1. The molecule has 0 saturated heterocycles. The SMILES string of the molecule is CC1(C)c2cc(-c3ccc4c(c3)c3cc5c(cc3n4-c3ccccc3)C(C)(C)c3ccccc3-5)ccc2-c2ccc(N(c3ccc(-c4ccccc4)cc3)c3ccc(-c4ccccc4)cc3)cc21. The van der Waals surface area contributed by atoms with Crippen LogP contribution in [-0.2, 0) is 10.8 Å². The molecule has 0 radical (unpaired) electrons. The zero-order chi connectivity index (χ0) is 45.7. The summed E-state index contributed by atoms with van der Waals surface area (Å²) in [7, 11) is 0. The number of nitrogens with zero attached hydrogens (tertiary/aromatic N) is 2. The Morgan fingerprint density at radius 3 is 1.38 bits per heavy atom. The van der Waals surface area contributed by atoms with Crippen molar-refractivity contribution in [3.8, 4) is 61.3 Å². The average Bonchev–Trinajstić information content (AvgIpc) is 3.92. The fourth-order valence-electron chi connectivity index (χ4n) is 11.6. The van der Waals surface area contributed by atoms with Crippen LogP contribution in [0.25, 0.3) is 83.1 Å². The minimum Gasteiger partial charge on any atom is -0.310 e. The Labute approximate surface area is 399 Å². The lowest BCUT2D eigenvalue weighted by molar-refractivity contribution is 0.660. The van der Waals surface area contributed by atoms with Crippen LogP contribution >= 0.6 is 0 Å². The van der Waals surface area contributed by atoms with Crippen LogP contribution in [-0.4, -0.2) is 4.57 Å². The highest BCUT2D eigenvalue weighted by Gasteiger charge is 2.38. The Balaban J connectivity index is 0.905.